The number of nitrogens with zero attached hydrogens (tertiary/aromatic N) is 1. The third-order valence-electron chi connectivity index (χ3n) is 3.54. The second-order valence-corrected chi connectivity index (χ2v) is 5.06. The number of furan rings is 1. The predicted octanol–water partition coefficient (Wildman–Crippen LogP) is 1.43. The molecule has 7 heteroatoms. The van der Waals surface area contributed by atoms with E-state index in [1.807, 2.05) is 0 Å². The van der Waals surface area contributed by atoms with Crippen LogP contribution in [0.2, 0.25) is 0 Å². The average Bonchev–Trinajstić information content (AvgIpc) is 3.18. The molecule has 0 aliphatic carbocycles. The number of fused-ring (bicyclic) bond motifs is 1. The third kappa shape index (κ3) is 3.19. The van der Waals surface area contributed by atoms with Crippen molar-refractivity contribution >= 4 is 17.0 Å². The van der Waals surface area contributed by atoms with Crippen LogP contribution in [0.25, 0.3) is 11.1 Å². The maximum atomic E-state index is 12.0. The maximum Gasteiger partial charge on any atom is 0.419 e. The molecule has 0 radical (unpaired) electrons. The van der Waals surface area contributed by atoms with E-state index in [4.69, 9.17) is 8.83 Å². The number of aliphatic hydroxyl groups excluding tert-OH is 1. The number of hydrogen-bond acceptors (Lipinski definition) is 5. The largest absolute Gasteiger partial charge is 0.467 e. The Bertz CT molecular complexity index is 847. The van der Waals surface area contributed by atoms with Crippen LogP contribution in [0.4, 0.5) is 0 Å². The highest BCUT2D eigenvalue weighted by atomic mass is 16.4. The van der Waals surface area contributed by atoms with Crippen molar-refractivity contribution in [3.05, 3.63) is 59.0 Å². The number of hydrogen-bond donors (Lipinski definition) is 2. The Hall–Kier alpha value is -2.80. The molecule has 2 N–H and O–H groups in total. The fourth-order valence-corrected chi connectivity index (χ4v) is 2.40. The topological polar surface area (TPSA) is 97.6 Å². The van der Waals surface area contributed by atoms with Crippen LogP contribution in [0.5, 0.6) is 0 Å². The molecule has 2 heterocycles. The highest BCUT2D eigenvalue weighted by Crippen LogP contribution is 2.14. The van der Waals surface area contributed by atoms with E-state index in [1.54, 1.807) is 36.4 Å². The molecule has 0 spiro atoms. The number of oxazole rings is 1. The van der Waals surface area contributed by atoms with Crippen LogP contribution in [-0.4, -0.2) is 22.2 Å². The number of aromatic nitrogens is 1. The van der Waals surface area contributed by atoms with E-state index in [0.29, 0.717) is 16.9 Å². The molecule has 23 heavy (non-hydrogen) atoms. The van der Waals surface area contributed by atoms with Crippen LogP contribution in [0.15, 0.2) is 56.3 Å². The fourth-order valence-electron chi connectivity index (χ4n) is 2.40. The van der Waals surface area contributed by atoms with Crippen molar-refractivity contribution in [2.24, 2.45) is 0 Å². The van der Waals surface area contributed by atoms with Gasteiger partial charge in [-0.2, -0.15) is 0 Å². The van der Waals surface area contributed by atoms with Crippen LogP contribution in [0.3, 0.4) is 0 Å². The molecule has 1 amide bonds. The normalized spacial score (nSPS) is 12.4. The summed E-state index contributed by atoms with van der Waals surface area (Å²) in [5, 5.41) is 12.0. The van der Waals surface area contributed by atoms with Crippen molar-refractivity contribution in [1.82, 2.24) is 9.88 Å². The lowest BCUT2D eigenvalue weighted by molar-refractivity contribution is -0.122. The summed E-state index contributed by atoms with van der Waals surface area (Å²) in [5.41, 5.74) is 1.14. The summed E-state index contributed by atoms with van der Waals surface area (Å²) >= 11 is 0. The van der Waals surface area contributed by atoms with Crippen molar-refractivity contribution in [2.45, 2.75) is 19.0 Å². The number of rotatable bonds is 6. The molecular formula is C16H16N2O5. The van der Waals surface area contributed by atoms with Gasteiger partial charge in [-0.15, -0.1) is 0 Å². The molecule has 120 valence electrons. The number of nitrogens with one attached hydrogen (secondary N) is 1. The quantitative estimate of drug-likeness (QED) is 0.717. The number of benzene rings is 1. The minimum Gasteiger partial charge on any atom is -0.467 e. The summed E-state index contributed by atoms with van der Waals surface area (Å²) in [4.78, 5) is 23.9. The van der Waals surface area contributed by atoms with Crippen molar-refractivity contribution in [3.63, 3.8) is 0 Å². The summed E-state index contributed by atoms with van der Waals surface area (Å²) in [5.74, 6) is -0.312. The molecule has 2 aromatic heterocycles. The second kappa shape index (κ2) is 6.53. The van der Waals surface area contributed by atoms with Gasteiger partial charge in [-0.1, -0.05) is 12.1 Å². The van der Waals surface area contributed by atoms with E-state index in [2.05, 4.69) is 5.32 Å². The molecule has 0 bridgehead atoms. The fraction of sp³-hybridized carbons (Fsp3) is 0.250. The zero-order valence-corrected chi connectivity index (χ0v) is 12.3. The smallest absolute Gasteiger partial charge is 0.419 e. The van der Waals surface area contributed by atoms with E-state index in [1.165, 1.54) is 10.8 Å². The zero-order valence-electron chi connectivity index (χ0n) is 12.3. The molecule has 1 atom stereocenters. The molecule has 0 saturated carbocycles. The minimum atomic E-state index is -0.602. The van der Waals surface area contributed by atoms with Gasteiger partial charge in [0, 0.05) is 13.0 Å². The van der Waals surface area contributed by atoms with Gasteiger partial charge in [0.05, 0.1) is 18.4 Å². The number of carbonyl (C=O) groups is 1. The zero-order chi connectivity index (χ0) is 16.2. The Morgan fingerprint density at radius 2 is 2.09 bits per heavy atom. The van der Waals surface area contributed by atoms with Gasteiger partial charge in [0.1, 0.15) is 11.8 Å². The molecule has 0 aliphatic rings. The highest BCUT2D eigenvalue weighted by Gasteiger charge is 2.17. The van der Waals surface area contributed by atoms with Crippen molar-refractivity contribution in [1.29, 1.82) is 0 Å². The first-order chi connectivity index (χ1) is 11.2. The van der Waals surface area contributed by atoms with Gasteiger partial charge >= 0.3 is 5.76 Å². The summed E-state index contributed by atoms with van der Waals surface area (Å²) in [6.07, 6.45) is 1.56. The molecule has 0 saturated heterocycles. The molecule has 1 aromatic carbocycles. The molecule has 7 nitrogen and oxygen atoms in total. The molecule has 0 aliphatic heterocycles. The van der Waals surface area contributed by atoms with Crippen molar-refractivity contribution in [2.75, 3.05) is 6.61 Å². The minimum absolute atomic E-state index is 0.0840. The summed E-state index contributed by atoms with van der Waals surface area (Å²) < 4.78 is 11.7. The Kier molecular flexibility index (Phi) is 4.29. The van der Waals surface area contributed by atoms with Crippen LogP contribution < -0.4 is 11.1 Å². The lowest BCUT2D eigenvalue weighted by Crippen LogP contribution is -2.31. The Labute approximate surface area is 131 Å². The van der Waals surface area contributed by atoms with Gasteiger partial charge in [-0.3, -0.25) is 9.36 Å². The Morgan fingerprint density at radius 1 is 1.26 bits per heavy atom. The Balaban J connectivity index is 1.66. The first-order valence-electron chi connectivity index (χ1n) is 7.21. The van der Waals surface area contributed by atoms with Crippen molar-refractivity contribution in [3.8, 4) is 0 Å². The number of carbonyl (C=O) groups excluding carboxylic acids is 1. The van der Waals surface area contributed by atoms with Gasteiger partial charge in [-0.25, -0.2) is 4.79 Å². The first kappa shape index (κ1) is 15.1. The number of amides is 1. The summed E-state index contributed by atoms with van der Waals surface area (Å²) in [7, 11) is 0. The van der Waals surface area contributed by atoms with Crippen LogP contribution in [0.1, 0.15) is 18.2 Å². The lowest BCUT2D eigenvalue weighted by Gasteiger charge is -2.13. The second-order valence-electron chi connectivity index (χ2n) is 5.06. The maximum absolute atomic E-state index is 12.0. The van der Waals surface area contributed by atoms with Gasteiger partial charge < -0.3 is 19.3 Å². The lowest BCUT2D eigenvalue weighted by atomic mass is 10.2. The van der Waals surface area contributed by atoms with Crippen LogP contribution in [0, 0.1) is 0 Å². The molecule has 3 rings (SSSR count). The van der Waals surface area contributed by atoms with E-state index >= 15 is 0 Å². The van der Waals surface area contributed by atoms with E-state index in [0.717, 1.165) is 0 Å². The standard InChI is InChI=1S/C16H16N2O5/c19-10-11(13-6-3-9-22-13)17-15(20)7-8-18-12-4-1-2-5-14(12)23-16(18)21/h1-6,9,11,19H,7-8,10H2,(H,17,20). The summed E-state index contributed by atoms with van der Waals surface area (Å²) in [6, 6.07) is 9.79. The SMILES string of the molecule is O=C(CCn1c(=O)oc2ccccc21)NC(CO)c1ccco1. The average molecular weight is 316 g/mol. The van der Waals surface area contributed by atoms with Crippen LogP contribution >= 0.6 is 0 Å². The molecule has 3 aromatic rings. The number of aryl methyl sites for hydroxylation is 1. The van der Waals surface area contributed by atoms with Gasteiger partial charge in [0.15, 0.2) is 5.58 Å². The third-order valence-corrected chi connectivity index (χ3v) is 3.54. The Morgan fingerprint density at radius 3 is 2.83 bits per heavy atom. The van der Waals surface area contributed by atoms with Gasteiger partial charge in [-0.05, 0) is 24.3 Å². The highest BCUT2D eigenvalue weighted by molar-refractivity contribution is 5.77. The molecule has 1 unspecified atom stereocenters. The monoisotopic (exact) mass is 316 g/mol. The number of para-hydroxylation sites is 2. The van der Waals surface area contributed by atoms with Crippen molar-refractivity contribution < 1.29 is 18.7 Å². The summed E-state index contributed by atoms with van der Waals surface area (Å²) in [6.45, 7) is -0.0776. The van der Waals surface area contributed by atoms with Gasteiger partial charge in [0.25, 0.3) is 0 Å². The molecular weight excluding hydrogens is 300 g/mol. The first-order valence-corrected chi connectivity index (χ1v) is 7.21. The van der Waals surface area contributed by atoms with Crippen LogP contribution in [-0.2, 0) is 11.3 Å². The molecule has 0 fully saturated rings. The van der Waals surface area contributed by atoms with E-state index in [9.17, 15) is 14.7 Å². The predicted molar refractivity (Wildman–Crippen MR) is 81.8 cm³/mol. The van der Waals surface area contributed by atoms with E-state index < -0.39 is 11.8 Å². The van der Waals surface area contributed by atoms with E-state index in [-0.39, 0.29) is 25.5 Å². The number of aliphatic hydroxyl groups is 1. The van der Waals surface area contributed by atoms with Gasteiger partial charge in [0.2, 0.25) is 5.91 Å².